The van der Waals surface area contributed by atoms with Crippen LogP contribution in [-0.2, 0) is 0 Å². The Kier molecular flexibility index (Phi) is 3.72. The summed E-state index contributed by atoms with van der Waals surface area (Å²) >= 11 is 7.59. The van der Waals surface area contributed by atoms with E-state index < -0.39 is 5.91 Å². The second-order valence-corrected chi connectivity index (χ2v) is 6.41. The van der Waals surface area contributed by atoms with Crippen LogP contribution in [0, 0.1) is 13.8 Å². The van der Waals surface area contributed by atoms with Crippen LogP contribution in [0.15, 0.2) is 24.3 Å². The van der Waals surface area contributed by atoms with Crippen LogP contribution in [0.5, 0.6) is 0 Å². The normalized spacial score (nSPS) is 10.9. The molecular weight excluding hydrogens is 320 g/mol. The number of carbonyl (C=O) groups excluding carboxylic acids is 1. The first-order valence-corrected chi connectivity index (χ1v) is 7.75. The Morgan fingerprint density at radius 1 is 1.23 bits per heavy atom. The van der Waals surface area contributed by atoms with Gasteiger partial charge in [-0.25, -0.2) is 4.98 Å². The van der Waals surface area contributed by atoms with Crippen LogP contribution in [0.3, 0.4) is 0 Å². The molecule has 0 saturated heterocycles. The summed E-state index contributed by atoms with van der Waals surface area (Å²) in [6.45, 7) is 4.08. The van der Waals surface area contributed by atoms with E-state index in [0.29, 0.717) is 11.4 Å². The number of amides is 1. The number of hydrogen-bond acceptors (Lipinski definition) is 5. The van der Waals surface area contributed by atoms with Crippen molar-refractivity contribution in [2.24, 2.45) is 5.73 Å². The molecule has 0 saturated carbocycles. The van der Waals surface area contributed by atoms with Crippen molar-refractivity contribution in [1.29, 1.82) is 0 Å². The van der Waals surface area contributed by atoms with Crippen molar-refractivity contribution in [3.63, 3.8) is 0 Å². The maximum absolute atomic E-state index is 11.1. The summed E-state index contributed by atoms with van der Waals surface area (Å²) in [6.07, 6.45) is 0. The fraction of sp³-hybridized carbons (Fsp3) is 0.133. The van der Waals surface area contributed by atoms with Gasteiger partial charge in [0.2, 0.25) is 11.2 Å². The van der Waals surface area contributed by atoms with Gasteiger partial charge in [0.05, 0.1) is 5.39 Å². The lowest BCUT2D eigenvalue weighted by atomic mass is 10.2. The van der Waals surface area contributed by atoms with Crippen LogP contribution < -0.4 is 11.1 Å². The topological polar surface area (TPSA) is 80.9 Å². The number of aryl methyl sites for hydroxylation is 2. The molecule has 7 heteroatoms. The molecule has 0 aliphatic carbocycles. The van der Waals surface area contributed by atoms with Crippen LogP contribution in [0.2, 0.25) is 5.28 Å². The predicted octanol–water partition coefficient (Wildman–Crippen LogP) is 3.80. The summed E-state index contributed by atoms with van der Waals surface area (Å²) < 4.78 is 0. The van der Waals surface area contributed by atoms with Crippen LogP contribution in [0.4, 0.5) is 11.5 Å². The summed E-state index contributed by atoms with van der Waals surface area (Å²) in [5.74, 6) is 0.201. The monoisotopic (exact) mass is 332 g/mol. The molecule has 112 valence electrons. The van der Waals surface area contributed by atoms with Gasteiger partial charge in [-0.2, -0.15) is 4.98 Å². The van der Waals surface area contributed by atoms with Gasteiger partial charge in [-0.3, -0.25) is 4.79 Å². The number of halogens is 1. The number of benzene rings is 1. The number of primary amides is 1. The molecule has 3 aromatic rings. The van der Waals surface area contributed by atoms with Crippen molar-refractivity contribution < 1.29 is 4.79 Å². The highest BCUT2D eigenvalue weighted by atomic mass is 35.5. The Morgan fingerprint density at radius 2 is 1.91 bits per heavy atom. The van der Waals surface area contributed by atoms with Crippen molar-refractivity contribution >= 4 is 50.6 Å². The molecular formula is C15H13ClN4OS. The number of anilines is 2. The fourth-order valence-electron chi connectivity index (χ4n) is 2.17. The first kappa shape index (κ1) is 14.7. The number of nitrogens with two attached hydrogens (primary N) is 1. The number of nitrogens with zero attached hydrogens (tertiary/aromatic N) is 2. The van der Waals surface area contributed by atoms with E-state index in [-0.39, 0.29) is 5.28 Å². The number of carbonyl (C=O) groups is 1. The Labute approximate surface area is 136 Å². The third kappa shape index (κ3) is 2.63. The molecule has 22 heavy (non-hydrogen) atoms. The Hall–Kier alpha value is -2.18. The number of thiophene rings is 1. The molecule has 2 heterocycles. The van der Waals surface area contributed by atoms with Crippen LogP contribution in [0.1, 0.15) is 20.8 Å². The van der Waals surface area contributed by atoms with Crippen LogP contribution in [0.25, 0.3) is 10.2 Å². The molecule has 0 aliphatic heterocycles. The van der Waals surface area contributed by atoms with Gasteiger partial charge in [-0.05, 0) is 55.3 Å². The summed E-state index contributed by atoms with van der Waals surface area (Å²) in [7, 11) is 0. The van der Waals surface area contributed by atoms with E-state index in [1.54, 1.807) is 35.6 Å². The SMILES string of the molecule is Cc1sc2nc(Cl)nc(Nc3ccc(C(N)=O)cc3)c2c1C. The van der Waals surface area contributed by atoms with E-state index in [9.17, 15) is 4.79 Å². The van der Waals surface area contributed by atoms with Crippen LogP contribution >= 0.6 is 22.9 Å². The third-order valence-electron chi connectivity index (χ3n) is 3.43. The number of hydrogen-bond donors (Lipinski definition) is 2. The van der Waals surface area contributed by atoms with Crippen molar-refractivity contribution in [2.75, 3.05) is 5.32 Å². The zero-order chi connectivity index (χ0) is 15.9. The number of fused-ring (bicyclic) bond motifs is 1. The third-order valence-corrected chi connectivity index (χ3v) is 4.70. The standard InChI is InChI=1S/C15H13ClN4OS/c1-7-8(2)22-14-11(7)13(19-15(16)20-14)18-10-5-3-9(4-6-10)12(17)21/h3-6H,1-2H3,(H2,17,21)(H,18,19,20). The van der Waals surface area contributed by atoms with Crippen molar-refractivity contribution in [1.82, 2.24) is 9.97 Å². The molecule has 3 rings (SSSR count). The molecule has 5 nitrogen and oxygen atoms in total. The minimum Gasteiger partial charge on any atom is -0.366 e. The summed E-state index contributed by atoms with van der Waals surface area (Å²) in [6, 6.07) is 6.87. The molecule has 0 radical (unpaired) electrons. The smallest absolute Gasteiger partial charge is 0.248 e. The number of aromatic nitrogens is 2. The summed E-state index contributed by atoms with van der Waals surface area (Å²) in [4.78, 5) is 21.7. The Bertz CT molecular complexity index is 873. The highest BCUT2D eigenvalue weighted by Crippen LogP contribution is 2.35. The summed E-state index contributed by atoms with van der Waals surface area (Å²) in [5, 5.41) is 4.39. The second-order valence-electron chi connectivity index (χ2n) is 4.87. The average molecular weight is 333 g/mol. The average Bonchev–Trinajstić information content (AvgIpc) is 2.74. The van der Waals surface area contributed by atoms with Crippen molar-refractivity contribution in [2.45, 2.75) is 13.8 Å². The minimum absolute atomic E-state index is 0.199. The molecule has 2 aromatic heterocycles. The fourth-order valence-corrected chi connectivity index (χ4v) is 3.42. The molecule has 3 N–H and O–H groups in total. The largest absolute Gasteiger partial charge is 0.366 e. The zero-order valence-electron chi connectivity index (χ0n) is 12.0. The van der Waals surface area contributed by atoms with Gasteiger partial charge < -0.3 is 11.1 Å². The lowest BCUT2D eigenvalue weighted by Gasteiger charge is -2.08. The molecule has 0 spiro atoms. The predicted molar refractivity (Wildman–Crippen MR) is 90.1 cm³/mol. The first-order valence-electron chi connectivity index (χ1n) is 6.56. The van der Waals surface area contributed by atoms with Crippen LogP contribution in [-0.4, -0.2) is 15.9 Å². The molecule has 1 amide bonds. The van der Waals surface area contributed by atoms with Gasteiger partial charge in [0.1, 0.15) is 10.6 Å². The van der Waals surface area contributed by atoms with E-state index in [1.165, 1.54) is 4.88 Å². The molecule has 0 atom stereocenters. The van der Waals surface area contributed by atoms with Crippen molar-refractivity contribution in [3.8, 4) is 0 Å². The highest BCUT2D eigenvalue weighted by Gasteiger charge is 2.14. The van der Waals surface area contributed by atoms with Gasteiger partial charge in [0.25, 0.3) is 0 Å². The van der Waals surface area contributed by atoms with Gasteiger partial charge >= 0.3 is 0 Å². The molecule has 0 bridgehead atoms. The highest BCUT2D eigenvalue weighted by molar-refractivity contribution is 7.18. The van der Waals surface area contributed by atoms with Gasteiger partial charge in [-0.15, -0.1) is 11.3 Å². The Morgan fingerprint density at radius 3 is 2.55 bits per heavy atom. The van der Waals surface area contributed by atoms with E-state index in [2.05, 4.69) is 15.3 Å². The van der Waals surface area contributed by atoms with Gasteiger partial charge in [0.15, 0.2) is 0 Å². The van der Waals surface area contributed by atoms with E-state index in [1.807, 2.05) is 13.8 Å². The first-order chi connectivity index (χ1) is 10.5. The van der Waals surface area contributed by atoms with E-state index in [4.69, 9.17) is 17.3 Å². The maximum atomic E-state index is 11.1. The van der Waals surface area contributed by atoms with Crippen molar-refractivity contribution in [3.05, 3.63) is 45.6 Å². The molecule has 0 fully saturated rings. The molecule has 0 aliphatic rings. The number of nitrogens with one attached hydrogen (secondary N) is 1. The van der Waals surface area contributed by atoms with E-state index in [0.717, 1.165) is 21.5 Å². The van der Waals surface area contributed by atoms with Gasteiger partial charge in [0, 0.05) is 16.1 Å². The quantitative estimate of drug-likeness (QED) is 0.715. The zero-order valence-corrected chi connectivity index (χ0v) is 13.5. The molecule has 1 aromatic carbocycles. The van der Waals surface area contributed by atoms with Gasteiger partial charge in [-0.1, -0.05) is 0 Å². The Balaban J connectivity index is 2.04. The lowest BCUT2D eigenvalue weighted by molar-refractivity contribution is 0.100. The summed E-state index contributed by atoms with van der Waals surface area (Å²) in [5.41, 5.74) is 7.62. The lowest BCUT2D eigenvalue weighted by Crippen LogP contribution is -2.10. The minimum atomic E-state index is -0.455. The second kappa shape index (κ2) is 5.55. The van der Waals surface area contributed by atoms with E-state index >= 15 is 0 Å². The molecule has 0 unspecified atom stereocenters. The number of rotatable bonds is 3. The maximum Gasteiger partial charge on any atom is 0.248 e.